The van der Waals surface area contributed by atoms with Gasteiger partial charge in [-0.1, -0.05) is 49.4 Å². The number of aromatic nitrogens is 4. The molecule has 0 spiro atoms. The number of anilines is 1. The van der Waals surface area contributed by atoms with Gasteiger partial charge >= 0.3 is 5.69 Å². The molecule has 0 fully saturated rings. The van der Waals surface area contributed by atoms with Crippen molar-refractivity contribution in [1.29, 1.82) is 0 Å². The number of amides is 1. The van der Waals surface area contributed by atoms with Gasteiger partial charge in [-0.15, -0.1) is 0 Å². The van der Waals surface area contributed by atoms with Gasteiger partial charge in [-0.05, 0) is 18.6 Å². The second kappa shape index (κ2) is 8.73. The third kappa shape index (κ3) is 4.00. The molecule has 0 unspecified atom stereocenters. The van der Waals surface area contributed by atoms with Crippen LogP contribution in [-0.4, -0.2) is 25.0 Å². The number of carbonyl (C=O) groups excluding carboxylic acids is 1. The molecule has 30 heavy (non-hydrogen) atoms. The molecule has 1 N–H and O–H groups in total. The van der Waals surface area contributed by atoms with Crippen LogP contribution in [0.25, 0.3) is 22.4 Å². The first kappa shape index (κ1) is 19.6. The molecule has 2 aromatic carbocycles. The van der Waals surface area contributed by atoms with Gasteiger partial charge in [0.05, 0.1) is 29.1 Å². The number of carbonyl (C=O) groups is 1. The molecule has 0 atom stereocenters. The highest BCUT2D eigenvalue weighted by Gasteiger charge is 2.13. The smallest absolute Gasteiger partial charge is 0.323 e. The topological polar surface area (TPSA) is 81.8 Å². The molecule has 0 radical (unpaired) electrons. The van der Waals surface area contributed by atoms with Gasteiger partial charge in [0.1, 0.15) is 0 Å². The number of hydrogen-bond donors (Lipinski definition) is 1. The summed E-state index contributed by atoms with van der Waals surface area (Å²) in [4.78, 5) is 33.9. The monoisotopic (exact) mass is 401 g/mol. The van der Waals surface area contributed by atoms with E-state index in [1.54, 1.807) is 21.5 Å². The summed E-state index contributed by atoms with van der Waals surface area (Å²) in [6, 6.07) is 17.3. The van der Waals surface area contributed by atoms with E-state index >= 15 is 0 Å². The third-order valence-electron chi connectivity index (χ3n) is 4.90. The molecule has 0 saturated heterocycles. The van der Waals surface area contributed by atoms with E-state index in [0.29, 0.717) is 24.6 Å². The van der Waals surface area contributed by atoms with Gasteiger partial charge in [0.15, 0.2) is 5.82 Å². The molecule has 2 aromatic heterocycles. The number of nitrogens with one attached hydrogen (secondary N) is 1. The number of nitrogens with zero attached hydrogens (tertiary/aromatic N) is 4. The predicted molar refractivity (Wildman–Crippen MR) is 117 cm³/mol. The maximum Gasteiger partial charge on any atom is 0.329 e. The number of para-hydroxylation sites is 2. The van der Waals surface area contributed by atoms with E-state index in [1.165, 1.54) is 0 Å². The minimum absolute atomic E-state index is 0.0820. The second-order valence-electron chi connectivity index (χ2n) is 7.03. The van der Waals surface area contributed by atoms with Gasteiger partial charge in [-0.2, -0.15) is 0 Å². The summed E-state index contributed by atoms with van der Waals surface area (Å²) in [5, 5.41) is 2.80. The van der Waals surface area contributed by atoms with Crippen LogP contribution >= 0.6 is 0 Å². The van der Waals surface area contributed by atoms with Gasteiger partial charge < -0.3 is 5.32 Å². The van der Waals surface area contributed by atoms with Crippen LogP contribution in [-0.2, 0) is 17.9 Å². The number of aryl methyl sites for hydroxylation is 2. The molecule has 4 aromatic rings. The fourth-order valence-corrected chi connectivity index (χ4v) is 3.49. The van der Waals surface area contributed by atoms with Crippen LogP contribution in [0.5, 0.6) is 0 Å². The van der Waals surface area contributed by atoms with E-state index < -0.39 is 0 Å². The average molecular weight is 401 g/mol. The van der Waals surface area contributed by atoms with Crippen molar-refractivity contribution in [2.75, 3.05) is 5.32 Å². The summed E-state index contributed by atoms with van der Waals surface area (Å²) in [6.45, 7) is 3.01. The molecule has 0 aliphatic carbocycles. The van der Waals surface area contributed by atoms with Crippen molar-refractivity contribution >= 4 is 22.6 Å². The Morgan fingerprint density at radius 2 is 1.50 bits per heavy atom. The lowest BCUT2D eigenvalue weighted by molar-refractivity contribution is -0.116. The minimum Gasteiger partial charge on any atom is -0.323 e. The Bertz CT molecular complexity index is 1210. The zero-order valence-electron chi connectivity index (χ0n) is 16.8. The highest BCUT2D eigenvalue weighted by molar-refractivity contribution is 5.90. The summed E-state index contributed by atoms with van der Waals surface area (Å²) in [5.41, 5.74) is 3.11. The normalized spacial score (nSPS) is 11.0. The van der Waals surface area contributed by atoms with Gasteiger partial charge in [0.25, 0.3) is 0 Å². The zero-order chi connectivity index (χ0) is 20.9. The van der Waals surface area contributed by atoms with Crippen LogP contribution in [0.1, 0.15) is 19.8 Å². The van der Waals surface area contributed by atoms with Crippen LogP contribution in [0.4, 0.5) is 5.69 Å². The Kier molecular flexibility index (Phi) is 5.70. The van der Waals surface area contributed by atoms with E-state index in [2.05, 4.69) is 15.3 Å². The van der Waals surface area contributed by atoms with Crippen molar-refractivity contribution < 1.29 is 4.79 Å². The quantitative estimate of drug-likeness (QED) is 0.512. The molecule has 7 heteroatoms. The van der Waals surface area contributed by atoms with Crippen LogP contribution in [0.15, 0.2) is 71.8 Å². The SMILES string of the molecule is CCCn1c(=O)n(CCC(=O)Nc2cnc(-c3ccccc3)nc2)c2ccccc21. The van der Waals surface area contributed by atoms with Gasteiger partial charge in [-0.3, -0.25) is 13.9 Å². The highest BCUT2D eigenvalue weighted by atomic mass is 16.2. The van der Waals surface area contributed by atoms with Crippen molar-refractivity contribution in [1.82, 2.24) is 19.1 Å². The maximum absolute atomic E-state index is 12.8. The molecule has 0 aliphatic heterocycles. The fraction of sp³-hybridized carbons (Fsp3) is 0.217. The Hall–Kier alpha value is -3.74. The lowest BCUT2D eigenvalue weighted by atomic mass is 10.2. The minimum atomic E-state index is -0.190. The van der Waals surface area contributed by atoms with Crippen LogP contribution < -0.4 is 11.0 Å². The van der Waals surface area contributed by atoms with Crippen molar-refractivity contribution in [2.45, 2.75) is 32.9 Å². The number of benzene rings is 2. The molecule has 4 rings (SSSR count). The van der Waals surface area contributed by atoms with Crippen molar-refractivity contribution in [3.05, 3.63) is 77.5 Å². The first-order valence-electron chi connectivity index (χ1n) is 10.0. The molecular weight excluding hydrogens is 378 g/mol. The molecule has 0 aliphatic rings. The highest BCUT2D eigenvalue weighted by Crippen LogP contribution is 2.16. The van der Waals surface area contributed by atoms with Gasteiger partial charge in [-0.25, -0.2) is 14.8 Å². The summed E-state index contributed by atoms with van der Waals surface area (Å²) >= 11 is 0. The standard InChI is InChI=1S/C23H23N5O2/c1-2-13-27-19-10-6-7-11-20(19)28(23(27)30)14-12-21(29)26-18-15-24-22(25-16-18)17-8-4-3-5-9-17/h3-11,15-16H,2,12-14H2,1H3,(H,26,29). The Morgan fingerprint density at radius 3 is 2.13 bits per heavy atom. The fourth-order valence-electron chi connectivity index (χ4n) is 3.49. The summed E-state index contributed by atoms with van der Waals surface area (Å²) < 4.78 is 3.43. The Morgan fingerprint density at radius 1 is 0.900 bits per heavy atom. The van der Waals surface area contributed by atoms with E-state index in [4.69, 9.17) is 0 Å². The Balaban J connectivity index is 1.44. The Labute approximate surface area is 174 Å². The van der Waals surface area contributed by atoms with Crippen LogP contribution in [0.3, 0.4) is 0 Å². The zero-order valence-corrected chi connectivity index (χ0v) is 16.8. The van der Waals surface area contributed by atoms with E-state index in [9.17, 15) is 9.59 Å². The molecular formula is C23H23N5O2. The second-order valence-corrected chi connectivity index (χ2v) is 7.03. The van der Waals surface area contributed by atoms with Crippen molar-refractivity contribution in [3.8, 4) is 11.4 Å². The molecule has 7 nitrogen and oxygen atoms in total. The summed E-state index contributed by atoms with van der Waals surface area (Å²) in [6.07, 6.45) is 4.23. The summed E-state index contributed by atoms with van der Waals surface area (Å²) in [7, 11) is 0. The van der Waals surface area contributed by atoms with E-state index in [0.717, 1.165) is 23.0 Å². The van der Waals surface area contributed by atoms with Crippen molar-refractivity contribution in [2.24, 2.45) is 0 Å². The summed E-state index contributed by atoms with van der Waals surface area (Å²) in [5.74, 6) is 0.411. The lowest BCUT2D eigenvalue weighted by Gasteiger charge is -2.06. The van der Waals surface area contributed by atoms with E-state index in [1.807, 2.05) is 61.5 Å². The predicted octanol–water partition coefficient (Wildman–Crippen LogP) is 3.70. The molecule has 0 saturated carbocycles. The molecule has 152 valence electrons. The number of imidazole rings is 1. The lowest BCUT2D eigenvalue weighted by Crippen LogP contribution is -2.26. The number of hydrogen-bond acceptors (Lipinski definition) is 4. The number of fused-ring (bicyclic) bond motifs is 1. The molecule has 1 amide bonds. The van der Waals surface area contributed by atoms with Crippen LogP contribution in [0.2, 0.25) is 0 Å². The van der Waals surface area contributed by atoms with Crippen molar-refractivity contribution in [3.63, 3.8) is 0 Å². The van der Waals surface area contributed by atoms with Gasteiger partial charge in [0, 0.05) is 25.1 Å². The molecule has 0 bridgehead atoms. The maximum atomic E-state index is 12.8. The third-order valence-corrected chi connectivity index (χ3v) is 4.90. The average Bonchev–Trinajstić information content (AvgIpc) is 3.05. The first-order valence-corrected chi connectivity index (χ1v) is 10.0. The molecule has 2 heterocycles. The number of rotatable bonds is 7. The van der Waals surface area contributed by atoms with Gasteiger partial charge in [0.2, 0.25) is 5.91 Å². The van der Waals surface area contributed by atoms with Crippen LogP contribution in [0, 0.1) is 0 Å². The van der Waals surface area contributed by atoms with E-state index in [-0.39, 0.29) is 18.0 Å². The largest absolute Gasteiger partial charge is 0.329 e. The first-order chi connectivity index (χ1) is 14.7.